The van der Waals surface area contributed by atoms with Gasteiger partial charge in [0.25, 0.3) is 0 Å². The van der Waals surface area contributed by atoms with E-state index in [1.807, 2.05) is 12.1 Å². The summed E-state index contributed by atoms with van der Waals surface area (Å²) >= 11 is 0. The number of primary amides is 1. The molecule has 1 aromatic rings. The summed E-state index contributed by atoms with van der Waals surface area (Å²) in [5.41, 5.74) is 5.73. The number of rotatable bonds is 8. The van der Waals surface area contributed by atoms with Crippen molar-refractivity contribution in [1.29, 1.82) is 0 Å². The molecule has 0 aliphatic carbocycles. The number of anilines is 1. The van der Waals surface area contributed by atoms with Crippen molar-refractivity contribution in [1.82, 2.24) is 5.32 Å². The average molecular weight is 370 g/mol. The third-order valence-electron chi connectivity index (χ3n) is 4.41. The standard InChI is InChI=1S/C18H27N3O3.ClH/c1-13(14-5-4-9-20-12-14)11-18(23)21-15-6-2-3-7-16(15)24-10-8-17(19)22;/h2-3,6-7,13-14,20H,4-5,8-12H2,1H3,(H2,19,22)(H,21,23);1H. The van der Waals surface area contributed by atoms with Crippen LogP contribution in [-0.2, 0) is 9.59 Å². The SMILES string of the molecule is CC(CC(=O)Nc1ccccc1OCCC(N)=O)C1CCCNC1.Cl. The van der Waals surface area contributed by atoms with E-state index in [1.165, 1.54) is 12.8 Å². The number of benzene rings is 1. The maximum atomic E-state index is 12.3. The number of para-hydroxylation sites is 2. The molecular formula is C18H28ClN3O3. The zero-order chi connectivity index (χ0) is 17.4. The van der Waals surface area contributed by atoms with Gasteiger partial charge < -0.3 is 21.1 Å². The van der Waals surface area contributed by atoms with Gasteiger partial charge in [-0.25, -0.2) is 0 Å². The summed E-state index contributed by atoms with van der Waals surface area (Å²) in [7, 11) is 0. The van der Waals surface area contributed by atoms with Crippen molar-refractivity contribution in [3.63, 3.8) is 0 Å². The Kier molecular flexibility index (Phi) is 9.31. The third-order valence-corrected chi connectivity index (χ3v) is 4.41. The van der Waals surface area contributed by atoms with Gasteiger partial charge in [0.2, 0.25) is 11.8 Å². The molecule has 0 radical (unpaired) electrons. The van der Waals surface area contributed by atoms with Crippen molar-refractivity contribution in [2.45, 2.75) is 32.6 Å². The molecule has 2 amide bonds. The minimum Gasteiger partial charge on any atom is -0.491 e. The zero-order valence-corrected chi connectivity index (χ0v) is 15.4. The average Bonchev–Trinajstić information content (AvgIpc) is 2.57. The molecule has 6 nitrogen and oxygen atoms in total. The Morgan fingerprint density at radius 1 is 1.40 bits per heavy atom. The topological polar surface area (TPSA) is 93.4 Å². The van der Waals surface area contributed by atoms with Gasteiger partial charge in [-0.1, -0.05) is 19.1 Å². The number of nitrogens with one attached hydrogen (secondary N) is 2. The molecule has 0 aromatic heterocycles. The van der Waals surface area contributed by atoms with Crippen LogP contribution in [0.5, 0.6) is 5.75 Å². The van der Waals surface area contributed by atoms with Crippen LogP contribution in [0.15, 0.2) is 24.3 Å². The normalized spacial score (nSPS) is 17.9. The molecule has 1 aromatic carbocycles. The van der Waals surface area contributed by atoms with Crippen molar-refractivity contribution in [2.75, 3.05) is 25.0 Å². The molecule has 1 heterocycles. The quantitative estimate of drug-likeness (QED) is 0.655. The molecule has 2 atom stereocenters. The van der Waals surface area contributed by atoms with Gasteiger partial charge >= 0.3 is 0 Å². The summed E-state index contributed by atoms with van der Waals surface area (Å²) in [5.74, 6) is 1.01. The Balaban J connectivity index is 0.00000312. The van der Waals surface area contributed by atoms with E-state index in [9.17, 15) is 9.59 Å². The van der Waals surface area contributed by atoms with Crippen LogP contribution in [0, 0.1) is 11.8 Å². The molecule has 2 rings (SSSR count). The van der Waals surface area contributed by atoms with E-state index >= 15 is 0 Å². The molecule has 1 aliphatic rings. The van der Waals surface area contributed by atoms with Gasteiger partial charge in [0.1, 0.15) is 5.75 Å². The van der Waals surface area contributed by atoms with Gasteiger partial charge in [0, 0.05) is 6.42 Å². The first-order valence-electron chi connectivity index (χ1n) is 8.57. The van der Waals surface area contributed by atoms with Gasteiger partial charge in [-0.15, -0.1) is 12.4 Å². The maximum absolute atomic E-state index is 12.3. The molecule has 0 spiro atoms. The number of piperidine rings is 1. The second kappa shape index (κ2) is 10.9. The number of hydrogen-bond acceptors (Lipinski definition) is 4. The smallest absolute Gasteiger partial charge is 0.224 e. The zero-order valence-electron chi connectivity index (χ0n) is 14.6. The Hall–Kier alpha value is -1.79. The fourth-order valence-electron chi connectivity index (χ4n) is 2.98. The predicted octanol–water partition coefficient (Wildman–Crippen LogP) is 2.33. The fourth-order valence-corrected chi connectivity index (χ4v) is 2.98. The van der Waals surface area contributed by atoms with Crippen molar-refractivity contribution >= 4 is 29.9 Å². The number of ether oxygens (including phenoxy) is 1. The predicted molar refractivity (Wildman–Crippen MR) is 101 cm³/mol. The van der Waals surface area contributed by atoms with Gasteiger partial charge in [0.05, 0.1) is 18.7 Å². The highest BCUT2D eigenvalue weighted by molar-refractivity contribution is 5.92. The molecule has 7 heteroatoms. The van der Waals surface area contributed by atoms with E-state index in [0.717, 1.165) is 13.1 Å². The van der Waals surface area contributed by atoms with Crippen molar-refractivity contribution < 1.29 is 14.3 Å². The second-order valence-electron chi connectivity index (χ2n) is 6.40. The third kappa shape index (κ3) is 7.32. The minimum absolute atomic E-state index is 0. The Bertz CT molecular complexity index is 562. The van der Waals surface area contributed by atoms with Crippen molar-refractivity contribution in [3.05, 3.63) is 24.3 Å². The van der Waals surface area contributed by atoms with Crippen LogP contribution in [-0.4, -0.2) is 31.5 Å². The number of carbonyl (C=O) groups excluding carboxylic acids is 2. The van der Waals surface area contributed by atoms with Crippen molar-refractivity contribution in [3.8, 4) is 5.75 Å². The lowest BCUT2D eigenvalue weighted by molar-refractivity contribution is -0.119. The Morgan fingerprint density at radius 3 is 2.84 bits per heavy atom. The van der Waals surface area contributed by atoms with Crippen molar-refractivity contribution in [2.24, 2.45) is 17.6 Å². The summed E-state index contributed by atoms with van der Waals surface area (Å²) in [4.78, 5) is 23.1. The first-order valence-corrected chi connectivity index (χ1v) is 8.57. The monoisotopic (exact) mass is 369 g/mol. The molecule has 1 aliphatic heterocycles. The fraction of sp³-hybridized carbons (Fsp3) is 0.556. The first kappa shape index (κ1) is 21.3. The molecule has 140 valence electrons. The molecular weight excluding hydrogens is 342 g/mol. The minimum atomic E-state index is -0.411. The molecule has 0 bridgehead atoms. The number of carbonyl (C=O) groups is 2. The molecule has 25 heavy (non-hydrogen) atoms. The summed E-state index contributed by atoms with van der Waals surface area (Å²) in [5, 5.41) is 6.31. The summed E-state index contributed by atoms with van der Waals surface area (Å²) in [6.07, 6.45) is 2.98. The summed E-state index contributed by atoms with van der Waals surface area (Å²) < 4.78 is 5.54. The Labute approximate surface area is 155 Å². The second-order valence-corrected chi connectivity index (χ2v) is 6.40. The number of halogens is 1. The summed E-state index contributed by atoms with van der Waals surface area (Å²) in [6, 6.07) is 7.23. The first-order chi connectivity index (χ1) is 11.6. The highest BCUT2D eigenvalue weighted by Gasteiger charge is 2.22. The highest BCUT2D eigenvalue weighted by Crippen LogP contribution is 2.26. The van der Waals surface area contributed by atoms with Crippen LogP contribution >= 0.6 is 12.4 Å². The highest BCUT2D eigenvalue weighted by atomic mass is 35.5. The van der Waals surface area contributed by atoms with Crippen LogP contribution in [0.2, 0.25) is 0 Å². The molecule has 1 saturated heterocycles. The van der Waals surface area contributed by atoms with E-state index in [1.54, 1.807) is 12.1 Å². The lowest BCUT2D eigenvalue weighted by Gasteiger charge is -2.28. The van der Waals surface area contributed by atoms with Gasteiger partial charge in [-0.3, -0.25) is 9.59 Å². The maximum Gasteiger partial charge on any atom is 0.224 e. The van der Waals surface area contributed by atoms with E-state index in [-0.39, 0.29) is 31.3 Å². The molecule has 4 N–H and O–H groups in total. The number of nitrogens with two attached hydrogens (primary N) is 1. The number of hydrogen-bond donors (Lipinski definition) is 3. The van der Waals surface area contributed by atoms with Crippen LogP contribution in [0.4, 0.5) is 5.69 Å². The van der Waals surface area contributed by atoms with Crippen LogP contribution in [0.1, 0.15) is 32.6 Å². The summed E-state index contributed by atoms with van der Waals surface area (Å²) in [6.45, 7) is 4.39. The molecule has 1 fully saturated rings. The van der Waals surface area contributed by atoms with Gasteiger partial charge in [-0.2, -0.15) is 0 Å². The molecule has 2 unspecified atom stereocenters. The Morgan fingerprint density at radius 2 is 2.16 bits per heavy atom. The van der Waals surface area contributed by atoms with Gasteiger partial charge in [0.15, 0.2) is 0 Å². The number of amides is 2. The van der Waals surface area contributed by atoms with Crippen LogP contribution < -0.4 is 21.1 Å². The largest absolute Gasteiger partial charge is 0.491 e. The lowest BCUT2D eigenvalue weighted by Crippen LogP contribution is -2.34. The van der Waals surface area contributed by atoms with Crippen LogP contribution in [0.25, 0.3) is 0 Å². The van der Waals surface area contributed by atoms with E-state index in [4.69, 9.17) is 10.5 Å². The van der Waals surface area contributed by atoms with E-state index in [2.05, 4.69) is 17.6 Å². The van der Waals surface area contributed by atoms with Crippen LogP contribution in [0.3, 0.4) is 0 Å². The lowest BCUT2D eigenvalue weighted by atomic mass is 9.85. The van der Waals surface area contributed by atoms with E-state index in [0.29, 0.717) is 29.7 Å². The van der Waals surface area contributed by atoms with Gasteiger partial charge in [-0.05, 0) is 49.9 Å². The molecule has 0 saturated carbocycles. The van der Waals surface area contributed by atoms with E-state index < -0.39 is 5.91 Å².